The van der Waals surface area contributed by atoms with Crippen molar-refractivity contribution in [3.05, 3.63) is 85.1 Å². The van der Waals surface area contributed by atoms with Crippen molar-refractivity contribution < 1.29 is 14.0 Å². The molecule has 2 atom stereocenters. The number of pyridine rings is 1. The summed E-state index contributed by atoms with van der Waals surface area (Å²) in [5.74, 6) is 0.993. The summed E-state index contributed by atoms with van der Waals surface area (Å²) in [7, 11) is 0. The van der Waals surface area contributed by atoms with Crippen molar-refractivity contribution in [2.24, 2.45) is 5.92 Å². The number of aromatic nitrogens is 5. The highest BCUT2D eigenvalue weighted by molar-refractivity contribution is 5.99. The zero-order valence-electron chi connectivity index (χ0n) is 25.4. The maximum absolute atomic E-state index is 13.4. The van der Waals surface area contributed by atoms with Crippen molar-refractivity contribution in [3.8, 4) is 22.6 Å². The molecule has 7 rings (SSSR count). The van der Waals surface area contributed by atoms with Gasteiger partial charge in [0.2, 0.25) is 11.8 Å². The SMILES string of the molecule is C[C@@H]1CN(c2ccc(-c3ncccn3)cn2)CCN1C(=O)CN1CC[C@@H](C(=O)Nc2ccc3[nH]nc(-c4ccc(F)cc4)c3c2)C1. The van der Waals surface area contributed by atoms with Crippen LogP contribution in [0.3, 0.4) is 0 Å². The van der Waals surface area contributed by atoms with E-state index in [0.29, 0.717) is 62.9 Å². The van der Waals surface area contributed by atoms with Gasteiger partial charge in [0.1, 0.15) is 11.6 Å². The molecule has 0 saturated carbocycles. The van der Waals surface area contributed by atoms with Crippen molar-refractivity contribution in [3.63, 3.8) is 0 Å². The van der Waals surface area contributed by atoms with E-state index in [2.05, 4.69) is 47.2 Å². The molecule has 3 aromatic heterocycles. The predicted molar refractivity (Wildman–Crippen MR) is 173 cm³/mol. The lowest BCUT2D eigenvalue weighted by molar-refractivity contribution is -0.134. The number of aromatic amines is 1. The number of piperazine rings is 1. The average Bonchev–Trinajstić information content (AvgIpc) is 3.73. The zero-order valence-corrected chi connectivity index (χ0v) is 25.4. The predicted octanol–water partition coefficient (Wildman–Crippen LogP) is 4.22. The number of carbonyl (C=O) groups excluding carboxylic acids is 2. The summed E-state index contributed by atoms with van der Waals surface area (Å²) >= 11 is 0. The van der Waals surface area contributed by atoms with Gasteiger partial charge < -0.3 is 15.1 Å². The summed E-state index contributed by atoms with van der Waals surface area (Å²) in [5.41, 5.74) is 3.83. The second-order valence-electron chi connectivity index (χ2n) is 11.9. The smallest absolute Gasteiger partial charge is 0.237 e. The van der Waals surface area contributed by atoms with Gasteiger partial charge >= 0.3 is 0 Å². The Bertz CT molecular complexity index is 1850. The summed E-state index contributed by atoms with van der Waals surface area (Å²) in [6.45, 7) is 5.57. The quantitative estimate of drug-likeness (QED) is 0.278. The van der Waals surface area contributed by atoms with Gasteiger partial charge in [-0.2, -0.15) is 5.10 Å². The molecular formula is C34H34FN9O2. The summed E-state index contributed by atoms with van der Waals surface area (Å²) in [4.78, 5) is 46.0. The van der Waals surface area contributed by atoms with E-state index in [-0.39, 0.29) is 29.6 Å². The summed E-state index contributed by atoms with van der Waals surface area (Å²) < 4.78 is 13.4. The number of nitrogens with zero attached hydrogens (tertiary/aromatic N) is 7. The molecular weight excluding hydrogens is 585 g/mol. The largest absolute Gasteiger partial charge is 0.353 e. The maximum atomic E-state index is 13.4. The van der Waals surface area contributed by atoms with Gasteiger partial charge in [-0.25, -0.2) is 19.3 Å². The van der Waals surface area contributed by atoms with E-state index < -0.39 is 0 Å². The van der Waals surface area contributed by atoms with Gasteiger partial charge in [0.05, 0.1) is 23.7 Å². The van der Waals surface area contributed by atoms with Crippen molar-refractivity contribution in [1.82, 2.24) is 34.9 Å². The third-order valence-corrected chi connectivity index (χ3v) is 8.79. The van der Waals surface area contributed by atoms with Crippen LogP contribution in [0.25, 0.3) is 33.5 Å². The van der Waals surface area contributed by atoms with Crippen LogP contribution < -0.4 is 10.2 Å². The Morgan fingerprint density at radius 1 is 0.957 bits per heavy atom. The fraction of sp³-hybridized carbons (Fsp3) is 0.294. The van der Waals surface area contributed by atoms with Gasteiger partial charge in [-0.3, -0.25) is 19.6 Å². The monoisotopic (exact) mass is 619 g/mol. The highest BCUT2D eigenvalue weighted by atomic mass is 19.1. The standard InChI is InChI=1S/C34H34FN9O2/c1-22-19-43(30-10-5-24(18-38-30)33-36-12-2-13-37-33)15-16-44(22)31(45)21-42-14-11-25(20-42)34(46)39-27-8-9-29-28(17-27)32(41-40-29)23-3-6-26(35)7-4-23/h2-10,12-13,17-18,22,25H,11,14-16,19-21H2,1H3,(H,39,46)(H,40,41)/t22-,25-/m1/s1. The van der Waals surface area contributed by atoms with Crippen LogP contribution in [0.5, 0.6) is 0 Å². The van der Waals surface area contributed by atoms with Crippen LogP contribution in [0, 0.1) is 11.7 Å². The van der Waals surface area contributed by atoms with Crippen LogP contribution in [-0.4, -0.2) is 92.1 Å². The molecule has 46 heavy (non-hydrogen) atoms. The van der Waals surface area contributed by atoms with Crippen LogP contribution in [0.2, 0.25) is 0 Å². The topological polar surface area (TPSA) is 123 Å². The molecule has 5 aromatic rings. The number of nitrogens with one attached hydrogen (secondary N) is 2. The maximum Gasteiger partial charge on any atom is 0.237 e. The Morgan fingerprint density at radius 2 is 1.76 bits per heavy atom. The average molecular weight is 620 g/mol. The van der Waals surface area contributed by atoms with Crippen molar-refractivity contribution >= 4 is 34.2 Å². The fourth-order valence-corrected chi connectivity index (χ4v) is 6.33. The Balaban J connectivity index is 0.917. The van der Waals surface area contributed by atoms with Crippen molar-refractivity contribution in [2.75, 3.05) is 49.5 Å². The number of amides is 2. The Morgan fingerprint density at radius 3 is 2.52 bits per heavy atom. The van der Waals surface area contributed by atoms with Crippen LogP contribution in [-0.2, 0) is 9.59 Å². The van der Waals surface area contributed by atoms with Gasteiger partial charge in [-0.15, -0.1) is 0 Å². The minimum Gasteiger partial charge on any atom is -0.353 e. The number of anilines is 2. The third kappa shape index (κ3) is 6.16. The van der Waals surface area contributed by atoms with Crippen molar-refractivity contribution in [2.45, 2.75) is 19.4 Å². The molecule has 2 aliphatic rings. The fourth-order valence-electron chi connectivity index (χ4n) is 6.33. The molecule has 11 nitrogen and oxygen atoms in total. The number of rotatable bonds is 7. The Hall–Kier alpha value is -5.23. The van der Waals surface area contributed by atoms with Crippen LogP contribution in [0.4, 0.5) is 15.9 Å². The Labute approximate surface area is 265 Å². The lowest BCUT2D eigenvalue weighted by Crippen LogP contribution is -2.56. The minimum atomic E-state index is -0.309. The molecule has 0 unspecified atom stereocenters. The van der Waals surface area contributed by atoms with Gasteiger partial charge in [-0.1, -0.05) is 0 Å². The number of hydrogen-bond acceptors (Lipinski definition) is 8. The zero-order chi connectivity index (χ0) is 31.6. The summed E-state index contributed by atoms with van der Waals surface area (Å²) in [6, 6.07) is 17.5. The molecule has 12 heteroatoms. The molecule has 0 bridgehead atoms. The molecule has 5 heterocycles. The van der Waals surface area contributed by atoms with E-state index in [9.17, 15) is 14.0 Å². The molecule has 2 amide bonds. The lowest BCUT2D eigenvalue weighted by atomic mass is 10.1. The first-order valence-corrected chi connectivity index (χ1v) is 15.5. The highest BCUT2D eigenvalue weighted by Gasteiger charge is 2.33. The molecule has 2 fully saturated rings. The molecule has 2 aliphatic heterocycles. The third-order valence-electron chi connectivity index (χ3n) is 8.79. The minimum absolute atomic E-state index is 0.0273. The number of hydrogen-bond donors (Lipinski definition) is 2. The van der Waals surface area contributed by atoms with Crippen LogP contribution in [0.1, 0.15) is 13.3 Å². The lowest BCUT2D eigenvalue weighted by Gasteiger charge is -2.41. The van der Waals surface area contributed by atoms with E-state index in [1.165, 1.54) is 12.1 Å². The molecule has 2 saturated heterocycles. The van der Waals surface area contributed by atoms with Gasteiger partial charge in [0.25, 0.3) is 0 Å². The van der Waals surface area contributed by atoms with E-state index in [1.54, 1.807) is 36.8 Å². The van der Waals surface area contributed by atoms with Crippen LogP contribution in [0.15, 0.2) is 79.3 Å². The Kier molecular flexibility index (Phi) is 8.10. The summed E-state index contributed by atoms with van der Waals surface area (Å²) in [5, 5.41) is 11.3. The normalized spacial score (nSPS) is 18.7. The number of halogens is 1. The van der Waals surface area contributed by atoms with Gasteiger partial charge in [-0.05, 0) is 80.6 Å². The highest BCUT2D eigenvalue weighted by Crippen LogP contribution is 2.29. The molecule has 2 N–H and O–H groups in total. The number of H-pyrrole nitrogens is 1. The van der Waals surface area contributed by atoms with E-state index in [0.717, 1.165) is 27.8 Å². The molecule has 2 aromatic carbocycles. The van der Waals surface area contributed by atoms with E-state index in [1.807, 2.05) is 35.2 Å². The van der Waals surface area contributed by atoms with Crippen molar-refractivity contribution in [1.29, 1.82) is 0 Å². The van der Waals surface area contributed by atoms with Gasteiger partial charge in [0.15, 0.2) is 5.82 Å². The van der Waals surface area contributed by atoms with E-state index in [4.69, 9.17) is 0 Å². The molecule has 0 radical (unpaired) electrons. The molecule has 234 valence electrons. The number of carbonyl (C=O) groups is 2. The van der Waals surface area contributed by atoms with Crippen LogP contribution >= 0.6 is 0 Å². The van der Waals surface area contributed by atoms with E-state index >= 15 is 0 Å². The summed E-state index contributed by atoms with van der Waals surface area (Å²) in [6.07, 6.45) is 5.89. The second kappa shape index (κ2) is 12.6. The first kappa shape index (κ1) is 29.5. The van der Waals surface area contributed by atoms with Gasteiger partial charge in [0, 0.05) is 73.0 Å². The first-order valence-electron chi connectivity index (χ1n) is 15.5. The number of benzene rings is 2. The second-order valence-corrected chi connectivity index (χ2v) is 11.9. The molecule has 0 spiro atoms. The molecule has 0 aliphatic carbocycles. The number of fused-ring (bicyclic) bond motifs is 1. The first-order chi connectivity index (χ1) is 22.4. The number of likely N-dealkylation sites (tertiary alicyclic amines) is 1.